The molecule has 4 rings (SSSR count). The molecule has 0 spiro atoms. The van der Waals surface area contributed by atoms with Gasteiger partial charge in [0.2, 0.25) is 0 Å². The van der Waals surface area contributed by atoms with Crippen LogP contribution in [0, 0.1) is 0 Å². The molecule has 8 nitrogen and oxygen atoms in total. The molecule has 1 saturated heterocycles. The lowest BCUT2D eigenvalue weighted by Gasteiger charge is -2.23. The first kappa shape index (κ1) is 20.6. The number of aromatic nitrogens is 4. The van der Waals surface area contributed by atoms with E-state index in [9.17, 15) is 18.0 Å². The molecule has 0 saturated carbocycles. The van der Waals surface area contributed by atoms with E-state index in [4.69, 9.17) is 0 Å². The number of halogens is 3. The first-order chi connectivity index (χ1) is 14.9. The number of carbonyl (C=O) groups is 1. The van der Waals surface area contributed by atoms with Gasteiger partial charge in [-0.1, -0.05) is 6.07 Å². The Kier molecular flexibility index (Phi) is 5.74. The Balaban J connectivity index is 1.51. The zero-order valence-corrected chi connectivity index (χ0v) is 16.4. The summed E-state index contributed by atoms with van der Waals surface area (Å²) >= 11 is 0. The molecule has 0 aliphatic carbocycles. The highest BCUT2D eigenvalue weighted by Crippen LogP contribution is 2.36. The summed E-state index contributed by atoms with van der Waals surface area (Å²) in [6, 6.07) is 6.29. The smallest absolute Gasteiger partial charge is 0.370 e. The maximum absolute atomic E-state index is 13.2. The molecule has 3 aromatic rings. The first-order valence-electron chi connectivity index (χ1n) is 9.72. The lowest BCUT2D eigenvalue weighted by atomic mass is 10.1. The Labute approximate surface area is 176 Å². The molecule has 2 N–H and O–H groups in total. The minimum absolute atomic E-state index is 0.104. The zero-order chi connectivity index (χ0) is 21.8. The molecule has 31 heavy (non-hydrogen) atoms. The molecule has 3 heterocycles. The Morgan fingerprint density at radius 1 is 1.16 bits per heavy atom. The van der Waals surface area contributed by atoms with Crippen LogP contribution in [0.4, 0.5) is 29.3 Å². The SMILES string of the molecule is O=C(NCc1cccnc1-n1cncn1)Nc1cc(C(F)(F)F)ccc1N1CCCC1. The standard InChI is InChI=1S/C20H20F3N7O/c21-20(22,23)15-5-6-17(29-8-1-2-9-29)16(10-15)28-19(31)26-11-14-4-3-7-25-18(14)30-13-24-12-27-30/h3-7,10,12-13H,1-2,8-9,11H2,(H2,26,28,31). The predicted octanol–water partition coefficient (Wildman–Crippen LogP) is 3.60. The van der Waals surface area contributed by atoms with Crippen LogP contribution < -0.4 is 15.5 Å². The van der Waals surface area contributed by atoms with Crippen LogP contribution in [0.1, 0.15) is 24.0 Å². The van der Waals surface area contributed by atoms with Gasteiger partial charge in [0.05, 0.1) is 16.9 Å². The number of amides is 2. The van der Waals surface area contributed by atoms with Crippen LogP contribution in [0.3, 0.4) is 0 Å². The fraction of sp³-hybridized carbons (Fsp3) is 0.300. The summed E-state index contributed by atoms with van der Waals surface area (Å²) in [4.78, 5) is 22.6. The van der Waals surface area contributed by atoms with E-state index >= 15 is 0 Å². The molecule has 162 valence electrons. The van der Waals surface area contributed by atoms with E-state index < -0.39 is 17.8 Å². The Hall–Kier alpha value is -3.63. The van der Waals surface area contributed by atoms with E-state index in [0.29, 0.717) is 17.1 Å². The number of alkyl halides is 3. The third-order valence-corrected chi connectivity index (χ3v) is 4.96. The zero-order valence-electron chi connectivity index (χ0n) is 16.4. The van der Waals surface area contributed by atoms with Crippen molar-refractivity contribution in [3.63, 3.8) is 0 Å². The molecule has 0 bridgehead atoms. The first-order valence-corrected chi connectivity index (χ1v) is 9.72. The number of hydrogen-bond donors (Lipinski definition) is 2. The number of pyridine rings is 1. The lowest BCUT2D eigenvalue weighted by molar-refractivity contribution is -0.137. The van der Waals surface area contributed by atoms with Crippen LogP contribution in [0.15, 0.2) is 49.2 Å². The number of nitrogens with zero attached hydrogens (tertiary/aromatic N) is 5. The van der Waals surface area contributed by atoms with Crippen molar-refractivity contribution in [2.24, 2.45) is 0 Å². The molecule has 11 heteroatoms. The van der Waals surface area contributed by atoms with Crippen molar-refractivity contribution in [2.45, 2.75) is 25.6 Å². The molecule has 0 radical (unpaired) electrons. The van der Waals surface area contributed by atoms with Crippen LogP contribution in [0.2, 0.25) is 0 Å². The predicted molar refractivity (Wildman–Crippen MR) is 108 cm³/mol. The van der Waals surface area contributed by atoms with Crippen molar-refractivity contribution in [1.82, 2.24) is 25.1 Å². The summed E-state index contributed by atoms with van der Waals surface area (Å²) in [5, 5.41) is 9.29. The van der Waals surface area contributed by atoms with Gasteiger partial charge in [0.25, 0.3) is 0 Å². The van der Waals surface area contributed by atoms with E-state index in [2.05, 4.69) is 25.7 Å². The van der Waals surface area contributed by atoms with Crippen LogP contribution in [0.25, 0.3) is 5.82 Å². The molecule has 1 aromatic carbocycles. The van der Waals surface area contributed by atoms with Crippen molar-refractivity contribution < 1.29 is 18.0 Å². The van der Waals surface area contributed by atoms with Crippen molar-refractivity contribution in [1.29, 1.82) is 0 Å². The Morgan fingerprint density at radius 3 is 2.68 bits per heavy atom. The van der Waals surface area contributed by atoms with Crippen LogP contribution in [-0.4, -0.2) is 38.9 Å². The molecule has 2 aromatic heterocycles. The van der Waals surface area contributed by atoms with Gasteiger partial charge in [-0.3, -0.25) is 0 Å². The van der Waals surface area contributed by atoms with Gasteiger partial charge >= 0.3 is 12.2 Å². The third kappa shape index (κ3) is 4.76. The molecular weight excluding hydrogens is 411 g/mol. The minimum atomic E-state index is -4.50. The second-order valence-corrected chi connectivity index (χ2v) is 7.06. The number of nitrogens with one attached hydrogen (secondary N) is 2. The van der Waals surface area contributed by atoms with Gasteiger partial charge in [0, 0.05) is 31.4 Å². The summed E-state index contributed by atoms with van der Waals surface area (Å²) in [5.74, 6) is 0.497. The molecule has 2 amide bonds. The monoisotopic (exact) mass is 431 g/mol. The maximum atomic E-state index is 13.2. The van der Waals surface area contributed by atoms with Crippen LogP contribution >= 0.6 is 0 Å². The average Bonchev–Trinajstić information content (AvgIpc) is 3.46. The second kappa shape index (κ2) is 8.62. The van der Waals surface area contributed by atoms with E-state index in [1.54, 1.807) is 18.3 Å². The molecule has 1 fully saturated rings. The fourth-order valence-electron chi connectivity index (χ4n) is 3.48. The average molecular weight is 431 g/mol. The number of hydrogen-bond acceptors (Lipinski definition) is 5. The van der Waals surface area contributed by atoms with E-state index in [-0.39, 0.29) is 12.2 Å². The van der Waals surface area contributed by atoms with Crippen molar-refractivity contribution >= 4 is 17.4 Å². The number of urea groups is 1. The van der Waals surface area contributed by atoms with Gasteiger partial charge in [0.15, 0.2) is 5.82 Å². The summed E-state index contributed by atoms with van der Waals surface area (Å²) in [6.07, 6.45) is 1.85. The number of anilines is 2. The van der Waals surface area contributed by atoms with Gasteiger partial charge in [-0.25, -0.2) is 19.4 Å². The highest BCUT2D eigenvalue weighted by Gasteiger charge is 2.32. The summed E-state index contributed by atoms with van der Waals surface area (Å²) in [5.41, 5.74) is 0.556. The van der Waals surface area contributed by atoms with Crippen LogP contribution in [-0.2, 0) is 12.7 Å². The molecular formula is C20H20F3N7O. The van der Waals surface area contributed by atoms with Crippen molar-refractivity contribution in [3.05, 3.63) is 60.3 Å². The van der Waals surface area contributed by atoms with Gasteiger partial charge in [0.1, 0.15) is 12.7 Å². The summed E-state index contributed by atoms with van der Waals surface area (Å²) < 4.78 is 41.1. The number of carbonyl (C=O) groups excluding carboxylic acids is 1. The minimum Gasteiger partial charge on any atom is -0.370 e. The Morgan fingerprint density at radius 2 is 1.97 bits per heavy atom. The van der Waals surface area contributed by atoms with Crippen molar-refractivity contribution in [2.75, 3.05) is 23.3 Å². The highest BCUT2D eigenvalue weighted by molar-refractivity contribution is 5.93. The topological polar surface area (TPSA) is 88.0 Å². The normalized spacial score (nSPS) is 14.0. The number of benzene rings is 1. The van der Waals surface area contributed by atoms with Gasteiger partial charge in [-0.2, -0.15) is 18.3 Å². The molecule has 1 aliphatic heterocycles. The second-order valence-electron chi connectivity index (χ2n) is 7.06. The maximum Gasteiger partial charge on any atom is 0.416 e. The van der Waals surface area contributed by atoms with Crippen LogP contribution in [0.5, 0.6) is 0 Å². The summed E-state index contributed by atoms with van der Waals surface area (Å²) in [7, 11) is 0. The quantitative estimate of drug-likeness (QED) is 0.645. The van der Waals surface area contributed by atoms with Gasteiger partial charge in [-0.05, 0) is 37.1 Å². The van der Waals surface area contributed by atoms with E-state index in [1.165, 1.54) is 23.4 Å². The van der Waals surface area contributed by atoms with Crippen molar-refractivity contribution in [3.8, 4) is 5.82 Å². The molecule has 0 atom stereocenters. The lowest BCUT2D eigenvalue weighted by Crippen LogP contribution is -2.30. The molecule has 0 unspecified atom stereocenters. The van der Waals surface area contributed by atoms with E-state index in [0.717, 1.165) is 38.1 Å². The third-order valence-electron chi connectivity index (χ3n) is 4.96. The summed E-state index contributed by atoms with van der Waals surface area (Å²) in [6.45, 7) is 1.57. The molecule has 1 aliphatic rings. The highest BCUT2D eigenvalue weighted by atomic mass is 19.4. The largest absolute Gasteiger partial charge is 0.416 e. The van der Waals surface area contributed by atoms with E-state index in [1.807, 2.05) is 4.90 Å². The fourth-order valence-corrected chi connectivity index (χ4v) is 3.48. The van der Waals surface area contributed by atoms with Gasteiger partial charge < -0.3 is 15.5 Å². The van der Waals surface area contributed by atoms with Gasteiger partial charge in [-0.15, -0.1) is 0 Å². The number of rotatable bonds is 5. The Bertz CT molecular complexity index is 1050.